The molecular weight excluding hydrogens is 355 g/mol. The Morgan fingerprint density at radius 3 is 2.73 bits per heavy atom. The first-order valence-corrected chi connectivity index (χ1v) is 7.77. The van der Waals surface area contributed by atoms with Crippen LogP contribution in [0.15, 0.2) is 29.0 Å². The molecule has 1 atom stereocenters. The molecule has 0 amide bonds. The lowest BCUT2D eigenvalue weighted by atomic mass is 9.95. The van der Waals surface area contributed by atoms with E-state index >= 15 is 0 Å². The van der Waals surface area contributed by atoms with Crippen LogP contribution in [0.1, 0.15) is 22.9 Å². The Kier molecular flexibility index (Phi) is 6.43. The highest BCUT2D eigenvalue weighted by atomic mass is 19.4. The van der Waals surface area contributed by atoms with E-state index in [1.807, 2.05) is 23.9 Å². The second-order valence-electron chi connectivity index (χ2n) is 5.91. The lowest BCUT2D eigenvalue weighted by Crippen LogP contribution is -2.34. The van der Waals surface area contributed by atoms with Gasteiger partial charge in [0.1, 0.15) is 5.76 Å². The molecule has 7 nitrogen and oxygen atoms in total. The molecule has 3 rings (SSSR count). The van der Waals surface area contributed by atoms with Gasteiger partial charge < -0.3 is 14.3 Å². The Balaban J connectivity index is 0.000000298. The van der Waals surface area contributed by atoms with Crippen LogP contribution in [-0.4, -0.2) is 52.2 Å². The van der Waals surface area contributed by atoms with Gasteiger partial charge in [-0.3, -0.25) is 9.58 Å². The van der Waals surface area contributed by atoms with E-state index in [-0.39, 0.29) is 0 Å². The summed E-state index contributed by atoms with van der Waals surface area (Å²) in [6.45, 7) is 3.40. The number of fused-ring (bicyclic) bond motifs is 1. The van der Waals surface area contributed by atoms with Gasteiger partial charge in [-0.25, -0.2) is 4.79 Å². The van der Waals surface area contributed by atoms with Crippen LogP contribution < -0.4 is 0 Å². The number of hydrogen-bond donors (Lipinski definition) is 1. The maximum Gasteiger partial charge on any atom is 0.490 e. The average molecular weight is 375 g/mol. The van der Waals surface area contributed by atoms with E-state index in [4.69, 9.17) is 19.1 Å². The van der Waals surface area contributed by atoms with Crippen LogP contribution in [0.4, 0.5) is 13.2 Å². The minimum absolute atomic E-state index is 0.386. The highest BCUT2D eigenvalue weighted by Crippen LogP contribution is 2.28. The average Bonchev–Trinajstić information content (AvgIpc) is 3.16. The summed E-state index contributed by atoms with van der Waals surface area (Å²) in [6, 6.07) is 3.94. The zero-order valence-corrected chi connectivity index (χ0v) is 14.4. The van der Waals surface area contributed by atoms with Crippen molar-refractivity contribution in [2.75, 3.05) is 20.3 Å². The van der Waals surface area contributed by atoms with Crippen LogP contribution in [0.25, 0.3) is 0 Å². The molecule has 1 aliphatic heterocycles. The third-order valence-corrected chi connectivity index (χ3v) is 3.80. The molecule has 0 aromatic carbocycles. The first-order valence-electron chi connectivity index (χ1n) is 7.77. The Morgan fingerprint density at radius 2 is 2.19 bits per heavy atom. The number of furan rings is 1. The molecule has 1 unspecified atom stereocenters. The molecule has 2 aromatic heterocycles. The molecule has 0 saturated carbocycles. The first-order chi connectivity index (χ1) is 12.2. The molecule has 1 N–H and O–H groups in total. The number of hydrogen-bond acceptors (Lipinski definition) is 5. The molecule has 0 radical (unpaired) electrons. The Morgan fingerprint density at radius 1 is 1.50 bits per heavy atom. The lowest BCUT2D eigenvalue weighted by Gasteiger charge is -2.31. The van der Waals surface area contributed by atoms with E-state index in [1.165, 1.54) is 5.56 Å². The number of alkyl halides is 3. The summed E-state index contributed by atoms with van der Waals surface area (Å²) < 4.78 is 44.4. The number of rotatable bonds is 4. The number of aryl methyl sites for hydroxylation is 1. The maximum atomic E-state index is 10.6. The summed E-state index contributed by atoms with van der Waals surface area (Å²) in [5.41, 5.74) is 2.47. The molecule has 26 heavy (non-hydrogen) atoms. The van der Waals surface area contributed by atoms with Gasteiger partial charge in [0, 0.05) is 44.9 Å². The number of carboxylic acids is 1. The topological polar surface area (TPSA) is 80.7 Å². The number of aliphatic carboxylic acids is 1. The summed E-state index contributed by atoms with van der Waals surface area (Å²) in [5.74, 6) is -1.37. The van der Waals surface area contributed by atoms with Crippen LogP contribution in [0.2, 0.25) is 0 Å². The van der Waals surface area contributed by atoms with Gasteiger partial charge in [-0.2, -0.15) is 18.3 Å². The van der Waals surface area contributed by atoms with E-state index in [2.05, 4.69) is 16.2 Å². The molecule has 0 fully saturated rings. The largest absolute Gasteiger partial charge is 0.490 e. The highest BCUT2D eigenvalue weighted by Gasteiger charge is 2.38. The predicted octanol–water partition coefficient (Wildman–Crippen LogP) is 2.39. The number of carbonyl (C=O) groups is 1. The predicted molar refractivity (Wildman–Crippen MR) is 84.3 cm³/mol. The monoisotopic (exact) mass is 375 g/mol. The van der Waals surface area contributed by atoms with Crippen molar-refractivity contribution >= 4 is 5.97 Å². The standard InChI is InChI=1S/C14H19N3O2.C2HF3O2/c1-16-8-13-11(10-18-2)6-17(9-14(13)15-16)7-12-4-3-5-19-12;3-2(4,5)1(6)7/h3-5,8,11H,6-7,9-10H2,1-2H3;(H,6,7). The quantitative estimate of drug-likeness (QED) is 0.884. The smallest absolute Gasteiger partial charge is 0.475 e. The molecule has 10 heteroatoms. The summed E-state index contributed by atoms with van der Waals surface area (Å²) in [5, 5.41) is 11.7. The number of ether oxygens (including phenoxy) is 1. The molecule has 2 aromatic rings. The number of methoxy groups -OCH3 is 1. The molecule has 1 aliphatic rings. The SMILES string of the molecule is COCC1CN(Cc2ccco2)Cc2nn(C)cc21.O=C(O)C(F)(F)F. The molecule has 3 heterocycles. The Bertz CT molecular complexity index is 713. The minimum atomic E-state index is -5.08. The van der Waals surface area contributed by atoms with Crippen molar-refractivity contribution in [3.8, 4) is 0 Å². The summed E-state index contributed by atoms with van der Waals surface area (Å²) >= 11 is 0. The van der Waals surface area contributed by atoms with Gasteiger partial charge in [0.15, 0.2) is 0 Å². The first kappa shape index (κ1) is 20.0. The Hall–Kier alpha value is -2.33. The van der Waals surface area contributed by atoms with E-state index in [0.29, 0.717) is 5.92 Å². The van der Waals surface area contributed by atoms with E-state index in [9.17, 15) is 13.2 Å². The lowest BCUT2D eigenvalue weighted by molar-refractivity contribution is -0.192. The van der Waals surface area contributed by atoms with Crippen LogP contribution in [0.3, 0.4) is 0 Å². The summed E-state index contributed by atoms with van der Waals surface area (Å²) in [7, 11) is 3.72. The van der Waals surface area contributed by atoms with E-state index in [1.54, 1.807) is 13.4 Å². The number of aromatic nitrogens is 2. The van der Waals surface area contributed by atoms with Gasteiger partial charge in [0.2, 0.25) is 0 Å². The fourth-order valence-corrected chi connectivity index (χ4v) is 2.79. The zero-order chi connectivity index (χ0) is 19.3. The number of carboxylic acid groups (broad SMARTS) is 1. The third kappa shape index (κ3) is 5.33. The molecule has 0 aliphatic carbocycles. The second kappa shape index (κ2) is 8.37. The van der Waals surface area contributed by atoms with Crippen molar-refractivity contribution in [3.63, 3.8) is 0 Å². The molecular formula is C16H20F3N3O4. The van der Waals surface area contributed by atoms with Gasteiger partial charge in [-0.15, -0.1) is 0 Å². The second-order valence-corrected chi connectivity index (χ2v) is 5.91. The maximum absolute atomic E-state index is 10.6. The molecule has 144 valence electrons. The molecule has 0 saturated heterocycles. The fraction of sp³-hybridized carbons (Fsp3) is 0.500. The van der Waals surface area contributed by atoms with Crippen LogP contribution in [0.5, 0.6) is 0 Å². The number of halogens is 3. The van der Waals surface area contributed by atoms with E-state index in [0.717, 1.165) is 37.7 Å². The van der Waals surface area contributed by atoms with Gasteiger partial charge in [0.05, 0.1) is 25.1 Å². The fourth-order valence-electron chi connectivity index (χ4n) is 2.79. The van der Waals surface area contributed by atoms with Gasteiger partial charge in [0.25, 0.3) is 0 Å². The van der Waals surface area contributed by atoms with Gasteiger partial charge in [-0.1, -0.05) is 0 Å². The van der Waals surface area contributed by atoms with Crippen LogP contribution in [-0.2, 0) is 29.7 Å². The highest BCUT2D eigenvalue weighted by molar-refractivity contribution is 5.73. The van der Waals surface area contributed by atoms with Crippen molar-refractivity contribution in [2.45, 2.75) is 25.2 Å². The normalized spacial score (nSPS) is 17.3. The Labute approximate surface area is 148 Å². The van der Waals surface area contributed by atoms with Crippen molar-refractivity contribution in [1.29, 1.82) is 0 Å². The van der Waals surface area contributed by atoms with Crippen molar-refractivity contribution in [2.24, 2.45) is 7.05 Å². The van der Waals surface area contributed by atoms with Crippen LogP contribution in [0, 0.1) is 0 Å². The summed E-state index contributed by atoms with van der Waals surface area (Å²) in [4.78, 5) is 11.3. The third-order valence-electron chi connectivity index (χ3n) is 3.80. The van der Waals surface area contributed by atoms with Gasteiger partial charge in [-0.05, 0) is 12.1 Å². The van der Waals surface area contributed by atoms with Gasteiger partial charge >= 0.3 is 12.1 Å². The molecule has 0 spiro atoms. The van der Waals surface area contributed by atoms with Crippen LogP contribution >= 0.6 is 0 Å². The van der Waals surface area contributed by atoms with Crippen molar-refractivity contribution in [3.05, 3.63) is 41.6 Å². The van der Waals surface area contributed by atoms with E-state index < -0.39 is 12.1 Å². The van der Waals surface area contributed by atoms with Crippen molar-refractivity contribution < 1.29 is 32.2 Å². The summed E-state index contributed by atoms with van der Waals surface area (Å²) in [6.07, 6.45) is -1.25. The molecule has 0 bridgehead atoms. The van der Waals surface area contributed by atoms with Crippen molar-refractivity contribution in [1.82, 2.24) is 14.7 Å². The number of nitrogens with zero attached hydrogens (tertiary/aromatic N) is 3. The zero-order valence-electron chi connectivity index (χ0n) is 14.4. The minimum Gasteiger partial charge on any atom is -0.475 e.